The van der Waals surface area contributed by atoms with Crippen molar-refractivity contribution in [1.29, 1.82) is 0 Å². The van der Waals surface area contributed by atoms with E-state index in [9.17, 15) is 4.79 Å². The summed E-state index contributed by atoms with van der Waals surface area (Å²) >= 11 is 1.21. The molecule has 5 nitrogen and oxygen atoms in total. The molecule has 0 bridgehead atoms. The molecular formula is C13H13N3O2S. The van der Waals surface area contributed by atoms with Crippen molar-refractivity contribution in [3.8, 4) is 11.5 Å². The first-order chi connectivity index (χ1) is 9.29. The predicted octanol–water partition coefficient (Wildman–Crippen LogP) is 2.13. The topological polar surface area (TPSA) is 68.0 Å². The van der Waals surface area contributed by atoms with Gasteiger partial charge in [0.2, 0.25) is 11.8 Å². The lowest BCUT2D eigenvalue weighted by Crippen LogP contribution is -2.24. The molecule has 0 spiro atoms. The van der Waals surface area contributed by atoms with Gasteiger partial charge in [-0.2, -0.15) is 0 Å². The highest BCUT2D eigenvalue weighted by molar-refractivity contribution is 7.99. The Morgan fingerprint density at radius 3 is 2.89 bits per heavy atom. The Morgan fingerprint density at radius 2 is 2.16 bits per heavy atom. The molecule has 1 heterocycles. The van der Waals surface area contributed by atoms with Crippen LogP contribution in [0.5, 0.6) is 0 Å². The Morgan fingerprint density at radius 1 is 1.37 bits per heavy atom. The molecule has 1 aromatic heterocycles. The molecule has 0 radical (unpaired) electrons. The summed E-state index contributed by atoms with van der Waals surface area (Å²) in [5, 5.41) is 10.9. The van der Waals surface area contributed by atoms with E-state index in [1.807, 2.05) is 30.3 Å². The number of hydrogen-bond donors (Lipinski definition) is 1. The smallest absolute Gasteiger partial charge is 0.277 e. The summed E-state index contributed by atoms with van der Waals surface area (Å²) < 4.78 is 5.47. The lowest BCUT2D eigenvalue weighted by Gasteiger charge is -1.98. The van der Waals surface area contributed by atoms with Gasteiger partial charge in [0.15, 0.2) is 0 Å². The van der Waals surface area contributed by atoms with Crippen molar-refractivity contribution in [3.63, 3.8) is 0 Å². The van der Waals surface area contributed by atoms with Crippen LogP contribution in [0.3, 0.4) is 0 Å². The number of amides is 1. The zero-order chi connectivity index (χ0) is 13.5. The van der Waals surface area contributed by atoms with Crippen LogP contribution in [-0.4, -0.2) is 28.4 Å². The molecule has 0 atom stereocenters. The number of carbonyl (C=O) groups is 1. The van der Waals surface area contributed by atoms with Gasteiger partial charge in [-0.3, -0.25) is 4.79 Å². The molecule has 1 N–H and O–H groups in total. The first kappa shape index (κ1) is 13.4. The third kappa shape index (κ3) is 3.96. The molecular weight excluding hydrogens is 262 g/mol. The fourth-order valence-corrected chi connectivity index (χ4v) is 1.92. The Labute approximate surface area is 115 Å². The van der Waals surface area contributed by atoms with Gasteiger partial charge in [0.05, 0.1) is 5.75 Å². The Bertz CT molecular complexity index is 554. The van der Waals surface area contributed by atoms with Crippen LogP contribution in [0.15, 0.2) is 52.6 Å². The fourth-order valence-electron chi connectivity index (χ4n) is 1.33. The average Bonchev–Trinajstić information content (AvgIpc) is 2.93. The lowest BCUT2D eigenvalue weighted by molar-refractivity contribution is -0.118. The lowest BCUT2D eigenvalue weighted by atomic mass is 10.2. The highest BCUT2D eigenvalue weighted by Crippen LogP contribution is 2.22. The Balaban J connectivity index is 1.91. The van der Waals surface area contributed by atoms with Gasteiger partial charge < -0.3 is 9.73 Å². The quantitative estimate of drug-likeness (QED) is 0.646. The second kappa shape index (κ2) is 6.75. The van der Waals surface area contributed by atoms with Gasteiger partial charge in [0.25, 0.3) is 5.22 Å². The number of carbonyl (C=O) groups excluding carboxylic acids is 1. The molecule has 2 rings (SSSR count). The first-order valence-electron chi connectivity index (χ1n) is 5.69. The van der Waals surface area contributed by atoms with E-state index in [1.54, 1.807) is 6.08 Å². The first-order valence-corrected chi connectivity index (χ1v) is 6.67. The molecule has 98 valence electrons. The fraction of sp³-hybridized carbons (Fsp3) is 0.154. The van der Waals surface area contributed by atoms with Crippen LogP contribution < -0.4 is 5.32 Å². The number of nitrogens with one attached hydrogen (secondary N) is 1. The highest BCUT2D eigenvalue weighted by atomic mass is 32.2. The van der Waals surface area contributed by atoms with Crippen molar-refractivity contribution < 1.29 is 9.21 Å². The second-order valence-corrected chi connectivity index (χ2v) is 4.55. The van der Waals surface area contributed by atoms with Crippen molar-refractivity contribution in [2.75, 3.05) is 12.3 Å². The third-order valence-corrected chi connectivity index (χ3v) is 3.02. The van der Waals surface area contributed by atoms with Gasteiger partial charge in [-0.15, -0.1) is 16.8 Å². The van der Waals surface area contributed by atoms with E-state index >= 15 is 0 Å². The van der Waals surface area contributed by atoms with Crippen molar-refractivity contribution in [2.45, 2.75) is 5.22 Å². The summed E-state index contributed by atoms with van der Waals surface area (Å²) in [4.78, 5) is 11.4. The number of thioether (sulfide) groups is 1. The minimum absolute atomic E-state index is 0.0932. The SMILES string of the molecule is C=CCNC(=O)CSc1nnc(-c2ccccc2)o1. The normalized spacial score (nSPS) is 10.1. The molecule has 0 aliphatic rings. The minimum Gasteiger partial charge on any atom is -0.411 e. The van der Waals surface area contributed by atoms with Crippen molar-refractivity contribution in [2.24, 2.45) is 0 Å². The van der Waals surface area contributed by atoms with Gasteiger partial charge in [-0.25, -0.2) is 0 Å². The summed E-state index contributed by atoms with van der Waals surface area (Å²) in [5.41, 5.74) is 0.859. The molecule has 0 saturated carbocycles. The largest absolute Gasteiger partial charge is 0.411 e. The maximum absolute atomic E-state index is 11.4. The standard InChI is InChI=1S/C13H13N3O2S/c1-2-8-14-11(17)9-19-13-16-15-12(18-13)10-6-4-3-5-7-10/h2-7H,1,8-9H2,(H,14,17). The number of hydrogen-bond acceptors (Lipinski definition) is 5. The maximum atomic E-state index is 11.4. The number of benzene rings is 1. The molecule has 6 heteroatoms. The molecule has 1 amide bonds. The molecule has 0 fully saturated rings. The summed E-state index contributed by atoms with van der Waals surface area (Å²) in [6.07, 6.45) is 1.63. The summed E-state index contributed by atoms with van der Waals surface area (Å²) in [6.45, 7) is 3.98. The Kier molecular flexibility index (Phi) is 4.74. The predicted molar refractivity (Wildman–Crippen MR) is 73.7 cm³/mol. The van der Waals surface area contributed by atoms with Crippen LogP contribution in [0, 0.1) is 0 Å². The van der Waals surface area contributed by atoms with E-state index in [4.69, 9.17) is 4.42 Å². The van der Waals surface area contributed by atoms with Crippen molar-refractivity contribution in [3.05, 3.63) is 43.0 Å². The van der Waals surface area contributed by atoms with Crippen LogP contribution in [0.25, 0.3) is 11.5 Å². The van der Waals surface area contributed by atoms with Crippen LogP contribution in [0.4, 0.5) is 0 Å². The van der Waals surface area contributed by atoms with Gasteiger partial charge in [-0.1, -0.05) is 36.0 Å². The monoisotopic (exact) mass is 275 g/mol. The van der Waals surface area contributed by atoms with E-state index in [1.165, 1.54) is 11.8 Å². The van der Waals surface area contributed by atoms with E-state index in [-0.39, 0.29) is 11.7 Å². The molecule has 2 aromatic rings. The van der Waals surface area contributed by atoms with E-state index < -0.39 is 0 Å². The molecule has 19 heavy (non-hydrogen) atoms. The van der Waals surface area contributed by atoms with Gasteiger partial charge in [-0.05, 0) is 12.1 Å². The zero-order valence-corrected chi connectivity index (χ0v) is 11.0. The molecule has 0 saturated heterocycles. The van der Waals surface area contributed by atoms with Crippen LogP contribution in [-0.2, 0) is 4.79 Å². The summed E-state index contributed by atoms with van der Waals surface area (Å²) in [6, 6.07) is 9.49. The summed E-state index contributed by atoms with van der Waals surface area (Å²) in [5.74, 6) is 0.600. The Hall–Kier alpha value is -2.08. The van der Waals surface area contributed by atoms with E-state index in [0.29, 0.717) is 17.7 Å². The molecule has 0 unspecified atom stereocenters. The van der Waals surface area contributed by atoms with Gasteiger partial charge in [0.1, 0.15) is 0 Å². The minimum atomic E-state index is -0.0932. The molecule has 0 aliphatic heterocycles. The summed E-state index contributed by atoms with van der Waals surface area (Å²) in [7, 11) is 0. The van der Waals surface area contributed by atoms with Crippen LogP contribution in [0.2, 0.25) is 0 Å². The van der Waals surface area contributed by atoms with Gasteiger partial charge >= 0.3 is 0 Å². The maximum Gasteiger partial charge on any atom is 0.277 e. The second-order valence-electron chi connectivity index (χ2n) is 3.62. The van der Waals surface area contributed by atoms with E-state index in [0.717, 1.165) is 5.56 Å². The van der Waals surface area contributed by atoms with Crippen molar-refractivity contribution in [1.82, 2.24) is 15.5 Å². The van der Waals surface area contributed by atoms with E-state index in [2.05, 4.69) is 22.1 Å². The van der Waals surface area contributed by atoms with Crippen molar-refractivity contribution >= 4 is 17.7 Å². The van der Waals surface area contributed by atoms with Crippen LogP contribution in [0.1, 0.15) is 0 Å². The molecule has 1 aromatic carbocycles. The number of nitrogens with zero attached hydrogens (tertiary/aromatic N) is 2. The highest BCUT2D eigenvalue weighted by Gasteiger charge is 2.10. The average molecular weight is 275 g/mol. The van der Waals surface area contributed by atoms with Crippen LogP contribution >= 0.6 is 11.8 Å². The number of aromatic nitrogens is 2. The van der Waals surface area contributed by atoms with Gasteiger partial charge in [0, 0.05) is 12.1 Å². The third-order valence-electron chi connectivity index (χ3n) is 2.20. The number of rotatable bonds is 6. The zero-order valence-electron chi connectivity index (χ0n) is 10.2. The molecule has 0 aliphatic carbocycles.